The Morgan fingerprint density at radius 2 is 1.88 bits per heavy atom. The number of aryl methyl sites for hydroxylation is 1. The van der Waals surface area contributed by atoms with Crippen molar-refractivity contribution < 1.29 is 9.59 Å². The average Bonchev–Trinajstić information content (AvgIpc) is 2.28. The molecular formula is C14H17NO2. The Hall–Kier alpha value is -1.90. The maximum Gasteiger partial charge on any atom is 0.244 e. The van der Waals surface area contributed by atoms with Crippen molar-refractivity contribution in [2.24, 2.45) is 0 Å². The normalized spacial score (nSPS) is 10.8. The van der Waals surface area contributed by atoms with Crippen LogP contribution in [0.2, 0.25) is 0 Å². The second-order valence-electron chi connectivity index (χ2n) is 4.46. The molecule has 1 aromatic carbocycles. The summed E-state index contributed by atoms with van der Waals surface area (Å²) in [6, 6.07) is 7.32. The molecular weight excluding hydrogens is 214 g/mol. The zero-order chi connectivity index (χ0) is 13.1. The van der Waals surface area contributed by atoms with Gasteiger partial charge in [0.25, 0.3) is 0 Å². The first-order valence-corrected chi connectivity index (χ1v) is 5.43. The summed E-state index contributed by atoms with van der Waals surface area (Å²) in [6.45, 7) is 8.61. The van der Waals surface area contributed by atoms with Gasteiger partial charge in [-0.15, -0.1) is 0 Å². The smallest absolute Gasteiger partial charge is 0.244 e. The van der Waals surface area contributed by atoms with Gasteiger partial charge in [0, 0.05) is 5.56 Å². The maximum absolute atomic E-state index is 12.3. The molecule has 0 saturated heterocycles. The monoisotopic (exact) mass is 231 g/mol. The zero-order valence-corrected chi connectivity index (χ0v) is 10.4. The number of amides is 1. The Morgan fingerprint density at radius 3 is 2.41 bits per heavy atom. The number of carbonyl (C=O) groups excluding carboxylic acids is 2. The van der Waals surface area contributed by atoms with E-state index in [0.29, 0.717) is 5.56 Å². The van der Waals surface area contributed by atoms with Crippen LogP contribution in [0.4, 0.5) is 0 Å². The third-order valence-corrected chi connectivity index (χ3v) is 2.58. The molecule has 0 fully saturated rings. The molecule has 0 aliphatic carbocycles. The number of benzene rings is 1. The molecule has 0 aliphatic heterocycles. The molecule has 0 aromatic heterocycles. The summed E-state index contributed by atoms with van der Waals surface area (Å²) >= 11 is 0. The lowest BCUT2D eigenvalue weighted by Gasteiger charge is -2.24. The van der Waals surface area contributed by atoms with Gasteiger partial charge in [-0.25, -0.2) is 0 Å². The van der Waals surface area contributed by atoms with E-state index in [2.05, 4.69) is 11.9 Å². The Kier molecular flexibility index (Phi) is 3.84. The van der Waals surface area contributed by atoms with Crippen LogP contribution in [0.1, 0.15) is 29.8 Å². The molecule has 0 radical (unpaired) electrons. The minimum absolute atomic E-state index is 0.106. The van der Waals surface area contributed by atoms with E-state index in [9.17, 15) is 9.59 Å². The van der Waals surface area contributed by atoms with Gasteiger partial charge in [-0.1, -0.05) is 30.8 Å². The second kappa shape index (κ2) is 4.95. The maximum atomic E-state index is 12.3. The van der Waals surface area contributed by atoms with Crippen molar-refractivity contribution in [2.45, 2.75) is 26.3 Å². The van der Waals surface area contributed by atoms with Crippen LogP contribution >= 0.6 is 0 Å². The molecule has 1 N–H and O–H groups in total. The van der Waals surface area contributed by atoms with Crippen molar-refractivity contribution in [2.75, 3.05) is 0 Å². The number of nitrogens with one attached hydrogen (secondary N) is 1. The summed E-state index contributed by atoms with van der Waals surface area (Å²) in [5.74, 6) is -0.456. The Balaban J connectivity index is 3.00. The molecule has 3 heteroatoms. The lowest BCUT2D eigenvalue weighted by atomic mass is 9.90. The molecule has 0 heterocycles. The minimum atomic E-state index is -0.933. The summed E-state index contributed by atoms with van der Waals surface area (Å²) in [5.41, 5.74) is 0.595. The van der Waals surface area contributed by atoms with E-state index in [1.165, 1.54) is 0 Å². The molecule has 90 valence electrons. The fourth-order valence-corrected chi connectivity index (χ4v) is 1.58. The van der Waals surface area contributed by atoms with Crippen LogP contribution in [-0.4, -0.2) is 17.2 Å². The van der Waals surface area contributed by atoms with Crippen molar-refractivity contribution in [3.8, 4) is 0 Å². The molecule has 0 bridgehead atoms. The molecule has 0 atom stereocenters. The second-order valence-corrected chi connectivity index (χ2v) is 4.46. The highest BCUT2D eigenvalue weighted by Gasteiger charge is 2.30. The lowest BCUT2D eigenvalue weighted by molar-refractivity contribution is -0.117. The van der Waals surface area contributed by atoms with E-state index in [1.54, 1.807) is 19.9 Å². The summed E-state index contributed by atoms with van der Waals surface area (Å²) in [6.07, 6.45) is 1.16. The highest BCUT2D eigenvalue weighted by atomic mass is 16.2. The number of carbonyl (C=O) groups is 2. The van der Waals surface area contributed by atoms with Gasteiger partial charge in [0.05, 0.1) is 5.54 Å². The van der Waals surface area contributed by atoms with Crippen LogP contribution in [0.3, 0.4) is 0 Å². The Labute approximate surface area is 102 Å². The van der Waals surface area contributed by atoms with Crippen molar-refractivity contribution in [1.82, 2.24) is 5.32 Å². The van der Waals surface area contributed by atoms with Crippen LogP contribution in [-0.2, 0) is 4.79 Å². The third kappa shape index (κ3) is 3.03. The number of hydrogen-bond donors (Lipinski definition) is 1. The van der Waals surface area contributed by atoms with E-state index in [1.807, 2.05) is 25.1 Å². The van der Waals surface area contributed by atoms with Gasteiger partial charge >= 0.3 is 0 Å². The predicted octanol–water partition coefficient (Wildman–Crippen LogP) is 2.26. The molecule has 0 saturated carbocycles. The predicted molar refractivity (Wildman–Crippen MR) is 67.9 cm³/mol. The molecule has 3 nitrogen and oxygen atoms in total. The molecule has 0 spiro atoms. The van der Waals surface area contributed by atoms with Crippen LogP contribution in [0, 0.1) is 6.92 Å². The third-order valence-electron chi connectivity index (χ3n) is 2.58. The van der Waals surface area contributed by atoms with E-state index in [4.69, 9.17) is 0 Å². The van der Waals surface area contributed by atoms with Gasteiger partial charge in [-0.05, 0) is 32.4 Å². The van der Waals surface area contributed by atoms with Crippen LogP contribution in [0.5, 0.6) is 0 Å². The molecule has 1 aromatic rings. The van der Waals surface area contributed by atoms with Gasteiger partial charge in [0.15, 0.2) is 5.78 Å². The topological polar surface area (TPSA) is 46.2 Å². The van der Waals surface area contributed by atoms with Crippen LogP contribution < -0.4 is 5.32 Å². The fourth-order valence-electron chi connectivity index (χ4n) is 1.58. The molecule has 1 amide bonds. The van der Waals surface area contributed by atoms with Crippen LogP contribution in [0.15, 0.2) is 36.9 Å². The van der Waals surface area contributed by atoms with E-state index < -0.39 is 5.54 Å². The molecule has 1 rings (SSSR count). The first kappa shape index (κ1) is 13.2. The summed E-state index contributed by atoms with van der Waals surface area (Å²) in [4.78, 5) is 23.6. The average molecular weight is 231 g/mol. The zero-order valence-electron chi connectivity index (χ0n) is 10.4. The van der Waals surface area contributed by atoms with E-state index in [0.717, 1.165) is 11.6 Å². The fraction of sp³-hybridized carbons (Fsp3) is 0.286. The first-order valence-electron chi connectivity index (χ1n) is 5.43. The van der Waals surface area contributed by atoms with Crippen molar-refractivity contribution in [3.05, 3.63) is 48.0 Å². The van der Waals surface area contributed by atoms with Crippen LogP contribution in [0.25, 0.3) is 0 Å². The highest BCUT2D eigenvalue weighted by molar-refractivity contribution is 6.06. The SMILES string of the molecule is C=CC(=O)NC(C)(C)C(=O)c1ccccc1C. The minimum Gasteiger partial charge on any atom is -0.340 e. The quantitative estimate of drug-likeness (QED) is 0.638. The van der Waals surface area contributed by atoms with Crippen molar-refractivity contribution >= 4 is 11.7 Å². The summed E-state index contributed by atoms with van der Waals surface area (Å²) < 4.78 is 0. The Morgan fingerprint density at radius 1 is 1.29 bits per heavy atom. The number of Topliss-reactive ketones (excluding diaryl/α,β-unsaturated/α-hetero) is 1. The van der Waals surface area contributed by atoms with Gasteiger partial charge in [0.2, 0.25) is 5.91 Å². The summed E-state index contributed by atoms with van der Waals surface area (Å²) in [7, 11) is 0. The van der Waals surface area contributed by atoms with E-state index in [-0.39, 0.29) is 11.7 Å². The number of rotatable bonds is 4. The lowest BCUT2D eigenvalue weighted by Crippen LogP contribution is -2.49. The first-order chi connectivity index (χ1) is 7.88. The number of ketones is 1. The Bertz CT molecular complexity index is 461. The van der Waals surface area contributed by atoms with E-state index >= 15 is 0 Å². The standard InChI is InChI=1S/C14H17NO2/c1-5-12(16)15-14(3,4)13(17)11-9-7-6-8-10(11)2/h5-9H,1H2,2-4H3,(H,15,16). The molecule has 0 aliphatic rings. The summed E-state index contributed by atoms with van der Waals surface area (Å²) in [5, 5.41) is 2.62. The van der Waals surface area contributed by atoms with Gasteiger partial charge in [-0.3, -0.25) is 9.59 Å². The molecule has 17 heavy (non-hydrogen) atoms. The highest BCUT2D eigenvalue weighted by Crippen LogP contribution is 2.16. The van der Waals surface area contributed by atoms with Crippen molar-refractivity contribution in [3.63, 3.8) is 0 Å². The van der Waals surface area contributed by atoms with Crippen molar-refractivity contribution in [1.29, 1.82) is 0 Å². The van der Waals surface area contributed by atoms with Gasteiger partial charge in [-0.2, -0.15) is 0 Å². The van der Waals surface area contributed by atoms with Gasteiger partial charge < -0.3 is 5.32 Å². The largest absolute Gasteiger partial charge is 0.340 e. The molecule has 0 unspecified atom stereocenters. The number of hydrogen-bond acceptors (Lipinski definition) is 2. The van der Waals surface area contributed by atoms with Gasteiger partial charge in [0.1, 0.15) is 0 Å².